The average molecular weight is 244 g/mol. The van der Waals surface area contributed by atoms with Crippen LogP contribution in [-0.4, -0.2) is 82.0 Å². The van der Waals surface area contributed by atoms with Crippen molar-refractivity contribution in [2.75, 3.05) is 60.5 Å². The smallest absolute Gasteiger partial charge is 0.0907 e. The Bertz CT molecular complexity index is 209. The second kappa shape index (κ2) is 6.69. The molecule has 0 aromatic carbocycles. The van der Waals surface area contributed by atoms with E-state index in [2.05, 4.69) is 45.2 Å². The summed E-state index contributed by atoms with van der Waals surface area (Å²) in [5.74, 6) is 0. The van der Waals surface area contributed by atoms with Crippen molar-refractivity contribution in [1.29, 1.82) is 0 Å². The van der Waals surface area contributed by atoms with Gasteiger partial charge in [-0.1, -0.05) is 0 Å². The highest BCUT2D eigenvalue weighted by Crippen LogP contribution is 2.12. The van der Waals surface area contributed by atoms with Gasteiger partial charge in [-0.3, -0.25) is 4.90 Å². The zero-order valence-corrected chi connectivity index (χ0v) is 12.2. The minimum Gasteiger partial charge on any atom is -0.378 e. The number of hydrogen-bond acceptors (Lipinski definition) is 3. The lowest BCUT2D eigenvalue weighted by Crippen LogP contribution is -2.53. The lowest BCUT2D eigenvalue weighted by atomic mass is 10.1. The maximum atomic E-state index is 5.27. The fourth-order valence-electron chi connectivity index (χ4n) is 2.02. The Morgan fingerprint density at radius 3 is 2.29 bits per heavy atom. The van der Waals surface area contributed by atoms with E-state index in [4.69, 9.17) is 4.74 Å². The Hall–Kier alpha value is -0.160. The van der Waals surface area contributed by atoms with E-state index in [1.807, 2.05) is 0 Å². The van der Waals surface area contributed by atoms with Crippen molar-refractivity contribution >= 4 is 0 Å². The van der Waals surface area contributed by atoms with Crippen LogP contribution >= 0.6 is 0 Å². The second-order valence-electron chi connectivity index (χ2n) is 6.29. The number of quaternary nitrogens is 1. The van der Waals surface area contributed by atoms with Gasteiger partial charge in [0.05, 0.1) is 46.9 Å². The molecule has 1 heterocycles. The number of hydrogen-bond donors (Lipinski definition) is 1. The second-order valence-corrected chi connectivity index (χ2v) is 6.29. The Balaban J connectivity index is 2.10. The van der Waals surface area contributed by atoms with Gasteiger partial charge >= 0.3 is 0 Å². The molecule has 0 aromatic heterocycles. The number of likely N-dealkylation sites (N-methyl/N-ethyl adjacent to an activating group) is 1. The number of rotatable bonds is 8. The van der Waals surface area contributed by atoms with Crippen LogP contribution in [0.4, 0.5) is 0 Å². The monoisotopic (exact) mass is 244 g/mol. The van der Waals surface area contributed by atoms with Gasteiger partial charge in [0, 0.05) is 25.7 Å². The fraction of sp³-hybridized carbons (Fsp3) is 1.00. The zero-order valence-electron chi connectivity index (χ0n) is 12.2. The van der Waals surface area contributed by atoms with Crippen LogP contribution in [0.3, 0.4) is 0 Å². The first-order valence-corrected chi connectivity index (χ1v) is 6.75. The van der Waals surface area contributed by atoms with Crippen molar-refractivity contribution in [2.24, 2.45) is 0 Å². The lowest BCUT2D eigenvalue weighted by molar-refractivity contribution is -0.869. The summed E-state index contributed by atoms with van der Waals surface area (Å²) < 4.78 is 6.30. The number of ether oxygens (including phenoxy) is 1. The molecule has 0 saturated carbocycles. The van der Waals surface area contributed by atoms with Crippen molar-refractivity contribution in [3.05, 3.63) is 0 Å². The summed E-state index contributed by atoms with van der Waals surface area (Å²) in [4.78, 5) is 2.54. The van der Waals surface area contributed by atoms with Crippen molar-refractivity contribution in [1.82, 2.24) is 10.2 Å². The van der Waals surface area contributed by atoms with E-state index in [0.29, 0.717) is 12.1 Å². The molecule has 0 bridgehead atoms. The molecule has 4 heteroatoms. The van der Waals surface area contributed by atoms with Gasteiger partial charge in [0.25, 0.3) is 0 Å². The maximum Gasteiger partial charge on any atom is 0.0907 e. The van der Waals surface area contributed by atoms with E-state index in [0.717, 1.165) is 37.3 Å². The summed E-state index contributed by atoms with van der Waals surface area (Å²) in [6.45, 7) is 10.8. The summed E-state index contributed by atoms with van der Waals surface area (Å²) in [6, 6.07) is 1.26. The largest absolute Gasteiger partial charge is 0.378 e. The first kappa shape index (κ1) is 14.9. The SMILES string of the molecule is CC(C)N(CCNCC[N+](C)(C)C)C1COC1. The molecule has 1 aliphatic heterocycles. The molecule has 0 unspecified atom stereocenters. The molecule has 1 aliphatic rings. The van der Waals surface area contributed by atoms with Crippen LogP contribution in [0.15, 0.2) is 0 Å². The molecular formula is C13H30N3O+. The molecule has 0 spiro atoms. The van der Waals surface area contributed by atoms with Gasteiger partial charge in [-0.15, -0.1) is 0 Å². The molecule has 0 amide bonds. The van der Waals surface area contributed by atoms with Gasteiger partial charge in [0.2, 0.25) is 0 Å². The van der Waals surface area contributed by atoms with E-state index < -0.39 is 0 Å². The molecule has 1 saturated heterocycles. The molecule has 4 nitrogen and oxygen atoms in total. The van der Waals surface area contributed by atoms with Crippen LogP contribution in [0.25, 0.3) is 0 Å². The molecule has 1 rings (SSSR count). The maximum absolute atomic E-state index is 5.27. The highest BCUT2D eigenvalue weighted by molar-refractivity contribution is 4.80. The van der Waals surface area contributed by atoms with E-state index in [1.165, 1.54) is 6.54 Å². The van der Waals surface area contributed by atoms with Gasteiger partial charge in [-0.05, 0) is 13.8 Å². The topological polar surface area (TPSA) is 24.5 Å². The molecule has 0 aromatic rings. The fourth-order valence-corrected chi connectivity index (χ4v) is 2.02. The van der Waals surface area contributed by atoms with Crippen LogP contribution < -0.4 is 5.32 Å². The first-order valence-electron chi connectivity index (χ1n) is 6.75. The molecule has 1 fully saturated rings. The van der Waals surface area contributed by atoms with Gasteiger partial charge in [-0.25, -0.2) is 0 Å². The Morgan fingerprint density at radius 1 is 1.24 bits per heavy atom. The predicted octanol–water partition coefficient (Wildman–Crippen LogP) is 0.391. The molecule has 102 valence electrons. The first-order chi connectivity index (χ1) is 7.90. The van der Waals surface area contributed by atoms with Gasteiger partial charge in [0.1, 0.15) is 0 Å². The molecular weight excluding hydrogens is 214 g/mol. The third kappa shape index (κ3) is 5.82. The van der Waals surface area contributed by atoms with Gasteiger partial charge in [-0.2, -0.15) is 0 Å². The van der Waals surface area contributed by atoms with Gasteiger partial charge in [0.15, 0.2) is 0 Å². The molecule has 0 atom stereocenters. The van der Waals surface area contributed by atoms with Gasteiger partial charge < -0.3 is 14.5 Å². The predicted molar refractivity (Wildman–Crippen MR) is 72.2 cm³/mol. The summed E-state index contributed by atoms with van der Waals surface area (Å²) in [5.41, 5.74) is 0. The van der Waals surface area contributed by atoms with Crippen LogP contribution in [0, 0.1) is 0 Å². The average Bonchev–Trinajstić information content (AvgIpc) is 2.10. The normalized spacial score (nSPS) is 17.8. The molecule has 0 aliphatic carbocycles. The Kier molecular flexibility index (Phi) is 5.86. The number of nitrogens with one attached hydrogen (secondary N) is 1. The van der Waals surface area contributed by atoms with Crippen LogP contribution in [-0.2, 0) is 4.74 Å². The van der Waals surface area contributed by atoms with Crippen LogP contribution in [0.5, 0.6) is 0 Å². The standard InChI is InChI=1S/C13H30N3O/c1-12(2)15(13-10-17-11-13)8-6-14-7-9-16(3,4)5/h12-14H,6-11H2,1-5H3/q+1. The summed E-state index contributed by atoms with van der Waals surface area (Å²) in [5, 5.41) is 3.53. The van der Waals surface area contributed by atoms with E-state index in [1.54, 1.807) is 0 Å². The number of nitrogens with zero attached hydrogens (tertiary/aromatic N) is 2. The Labute approximate surface area is 107 Å². The third-order valence-electron chi connectivity index (χ3n) is 3.26. The Morgan fingerprint density at radius 2 is 1.88 bits per heavy atom. The van der Waals surface area contributed by atoms with Crippen molar-refractivity contribution in [2.45, 2.75) is 25.9 Å². The molecule has 1 N–H and O–H groups in total. The summed E-state index contributed by atoms with van der Waals surface area (Å²) in [7, 11) is 6.69. The quantitative estimate of drug-likeness (QED) is 0.494. The minimum atomic E-state index is 0.615. The van der Waals surface area contributed by atoms with Crippen LogP contribution in [0.2, 0.25) is 0 Å². The highest BCUT2D eigenvalue weighted by Gasteiger charge is 2.27. The minimum absolute atomic E-state index is 0.615. The van der Waals surface area contributed by atoms with E-state index in [-0.39, 0.29) is 0 Å². The third-order valence-corrected chi connectivity index (χ3v) is 3.26. The lowest BCUT2D eigenvalue weighted by Gasteiger charge is -2.40. The molecule has 17 heavy (non-hydrogen) atoms. The summed E-state index contributed by atoms with van der Waals surface area (Å²) in [6.07, 6.45) is 0. The van der Waals surface area contributed by atoms with E-state index >= 15 is 0 Å². The van der Waals surface area contributed by atoms with Crippen molar-refractivity contribution < 1.29 is 9.22 Å². The zero-order chi connectivity index (χ0) is 12.9. The highest BCUT2D eigenvalue weighted by atomic mass is 16.5. The van der Waals surface area contributed by atoms with Crippen molar-refractivity contribution in [3.63, 3.8) is 0 Å². The van der Waals surface area contributed by atoms with Crippen LogP contribution in [0.1, 0.15) is 13.8 Å². The summed E-state index contributed by atoms with van der Waals surface area (Å²) >= 11 is 0. The van der Waals surface area contributed by atoms with Crippen molar-refractivity contribution in [3.8, 4) is 0 Å². The van der Waals surface area contributed by atoms with E-state index in [9.17, 15) is 0 Å². The molecule has 0 radical (unpaired) electrons.